The zero-order valence-corrected chi connectivity index (χ0v) is 15.7. The average molecular weight is 392 g/mol. The van der Waals surface area contributed by atoms with Crippen molar-refractivity contribution in [2.24, 2.45) is 17.1 Å². The molecule has 0 bridgehead atoms. The summed E-state index contributed by atoms with van der Waals surface area (Å²) in [5.74, 6) is 0.370. The smallest absolute Gasteiger partial charge is 0.248 e. The largest absolute Gasteiger partial charge is 0.368 e. The second-order valence-electron chi connectivity index (χ2n) is 8.00. The van der Waals surface area contributed by atoms with Crippen LogP contribution < -0.4 is 16.0 Å². The highest BCUT2D eigenvalue weighted by molar-refractivity contribution is 6.01. The predicted octanol–water partition coefficient (Wildman–Crippen LogP) is 1.05. The van der Waals surface area contributed by atoms with E-state index in [0.29, 0.717) is 43.3 Å². The van der Waals surface area contributed by atoms with Gasteiger partial charge in [0.15, 0.2) is 0 Å². The fourth-order valence-corrected chi connectivity index (χ4v) is 4.12. The lowest BCUT2D eigenvalue weighted by molar-refractivity contribution is -0.124. The summed E-state index contributed by atoms with van der Waals surface area (Å²) in [6, 6.07) is 3.94. The summed E-state index contributed by atoms with van der Waals surface area (Å²) in [7, 11) is 0. The molecule has 10 heteroatoms. The third-order valence-corrected chi connectivity index (χ3v) is 6.21. The van der Waals surface area contributed by atoms with E-state index in [1.807, 2.05) is 0 Å². The van der Waals surface area contributed by atoms with Crippen LogP contribution in [0, 0.1) is 22.7 Å². The number of carbonyl (C=O) groups is 2. The summed E-state index contributed by atoms with van der Waals surface area (Å²) in [5.41, 5.74) is 4.46. The van der Waals surface area contributed by atoms with E-state index in [1.54, 1.807) is 34.2 Å². The molecule has 0 radical (unpaired) electrons. The predicted molar refractivity (Wildman–Crippen MR) is 102 cm³/mol. The van der Waals surface area contributed by atoms with Crippen molar-refractivity contribution in [3.63, 3.8) is 0 Å². The number of hydrogen-bond donors (Lipinski definition) is 2. The summed E-state index contributed by atoms with van der Waals surface area (Å²) in [6.07, 6.45) is 8.58. The Morgan fingerprint density at radius 1 is 1.34 bits per heavy atom. The first-order valence-electron chi connectivity index (χ1n) is 9.67. The van der Waals surface area contributed by atoms with Gasteiger partial charge in [0.25, 0.3) is 0 Å². The minimum Gasteiger partial charge on any atom is -0.368 e. The van der Waals surface area contributed by atoms with Crippen LogP contribution in [0.25, 0.3) is 0 Å². The van der Waals surface area contributed by atoms with E-state index >= 15 is 0 Å². The van der Waals surface area contributed by atoms with Crippen molar-refractivity contribution in [1.29, 1.82) is 5.26 Å². The van der Waals surface area contributed by atoms with Gasteiger partial charge in [0.05, 0.1) is 18.0 Å². The van der Waals surface area contributed by atoms with Gasteiger partial charge in [0, 0.05) is 18.9 Å². The molecule has 3 aliphatic rings. The number of nitriles is 1. The number of carbonyl (C=O) groups excluding carboxylic acids is 2. The van der Waals surface area contributed by atoms with Gasteiger partial charge in [-0.25, -0.2) is 4.98 Å². The fraction of sp³-hybridized carbons (Fsp3) is 0.474. The van der Waals surface area contributed by atoms with Gasteiger partial charge in [-0.3, -0.25) is 19.2 Å². The molecule has 10 nitrogen and oxygen atoms in total. The second-order valence-corrected chi connectivity index (χ2v) is 8.00. The molecule has 0 spiro atoms. The van der Waals surface area contributed by atoms with Gasteiger partial charge in [-0.2, -0.15) is 15.3 Å². The zero-order valence-electron chi connectivity index (χ0n) is 15.7. The molecule has 3 heterocycles. The number of hydrogen-bond acceptors (Lipinski definition) is 7. The molecule has 0 aromatic carbocycles. The zero-order chi connectivity index (χ0) is 20.2. The van der Waals surface area contributed by atoms with Crippen LogP contribution in [0.5, 0.6) is 0 Å². The van der Waals surface area contributed by atoms with Gasteiger partial charge < -0.3 is 11.1 Å². The molecule has 2 saturated carbocycles. The van der Waals surface area contributed by atoms with E-state index in [9.17, 15) is 14.9 Å². The molecule has 29 heavy (non-hydrogen) atoms. The van der Waals surface area contributed by atoms with Gasteiger partial charge in [-0.15, -0.1) is 0 Å². The molecule has 148 valence electrons. The lowest BCUT2D eigenvalue weighted by atomic mass is 9.83. The summed E-state index contributed by atoms with van der Waals surface area (Å²) < 4.78 is 1.57. The Hall–Kier alpha value is -3.48. The molecule has 5 rings (SSSR count). The Kier molecular flexibility index (Phi) is 3.65. The molecule has 2 aromatic heterocycles. The van der Waals surface area contributed by atoms with Crippen molar-refractivity contribution in [3.8, 4) is 6.07 Å². The molecular weight excluding hydrogens is 372 g/mol. The third-order valence-electron chi connectivity index (χ3n) is 6.21. The number of rotatable bonds is 6. The number of primary amides is 1. The van der Waals surface area contributed by atoms with Crippen molar-refractivity contribution in [1.82, 2.24) is 19.7 Å². The molecule has 0 unspecified atom stereocenters. The topological polar surface area (TPSA) is 143 Å². The standard InChI is InChI=1S/C19H20N8O2/c20-11-18(12-1-2-12)6-8-26(16(18)29)14-3-7-22-17(25-14)24-13-9-23-27(10-13)19(4-5-19)15(21)28/h3,7,9-10,12H,1-2,4-6,8H2,(H2,21,28)(H,22,24,25)/t18-/m1/s1. The Balaban J connectivity index is 1.35. The molecule has 2 amide bonds. The van der Waals surface area contributed by atoms with E-state index in [4.69, 9.17) is 5.73 Å². The normalized spacial score (nSPS) is 24.9. The Morgan fingerprint density at radius 2 is 2.14 bits per heavy atom. The quantitative estimate of drug-likeness (QED) is 0.748. The van der Waals surface area contributed by atoms with E-state index in [1.165, 1.54) is 0 Å². The molecule has 3 fully saturated rings. The Labute approximate surface area is 166 Å². The van der Waals surface area contributed by atoms with Gasteiger partial charge in [0.2, 0.25) is 17.8 Å². The highest BCUT2D eigenvalue weighted by Crippen LogP contribution is 2.51. The number of amides is 2. The first kappa shape index (κ1) is 17.6. The van der Waals surface area contributed by atoms with Crippen LogP contribution in [0.15, 0.2) is 24.7 Å². The van der Waals surface area contributed by atoms with Crippen LogP contribution in [0.3, 0.4) is 0 Å². The Morgan fingerprint density at radius 3 is 2.79 bits per heavy atom. The molecular formula is C19H20N8O2. The monoisotopic (exact) mass is 392 g/mol. The minimum atomic E-state index is -0.910. The van der Waals surface area contributed by atoms with Gasteiger partial charge in [0.1, 0.15) is 16.8 Å². The summed E-state index contributed by atoms with van der Waals surface area (Å²) in [5, 5.41) is 16.9. The Bertz CT molecular complexity index is 1050. The molecule has 3 N–H and O–H groups in total. The van der Waals surface area contributed by atoms with Crippen LogP contribution in [0.1, 0.15) is 32.1 Å². The van der Waals surface area contributed by atoms with E-state index in [0.717, 1.165) is 12.8 Å². The van der Waals surface area contributed by atoms with Crippen LogP contribution in [0.2, 0.25) is 0 Å². The number of anilines is 3. The molecule has 2 aromatic rings. The number of nitrogens with one attached hydrogen (secondary N) is 1. The van der Waals surface area contributed by atoms with Gasteiger partial charge in [-0.05, 0) is 44.1 Å². The van der Waals surface area contributed by atoms with Crippen LogP contribution in [-0.2, 0) is 15.1 Å². The first-order valence-corrected chi connectivity index (χ1v) is 9.67. The number of nitrogens with zero attached hydrogens (tertiary/aromatic N) is 6. The van der Waals surface area contributed by atoms with E-state index in [-0.39, 0.29) is 11.8 Å². The van der Waals surface area contributed by atoms with Crippen molar-refractivity contribution >= 4 is 29.3 Å². The van der Waals surface area contributed by atoms with Crippen molar-refractivity contribution in [2.45, 2.75) is 37.6 Å². The van der Waals surface area contributed by atoms with Crippen LogP contribution >= 0.6 is 0 Å². The third kappa shape index (κ3) is 2.65. The maximum atomic E-state index is 13.0. The van der Waals surface area contributed by atoms with Crippen molar-refractivity contribution in [3.05, 3.63) is 24.7 Å². The SMILES string of the molecule is N#C[C@@]1(C2CC2)CCN(c2ccnc(Nc3cnn(C4(C(N)=O)CC4)c3)n2)C1=O. The maximum Gasteiger partial charge on any atom is 0.248 e. The average Bonchev–Trinajstić information content (AvgIpc) is 3.64. The summed E-state index contributed by atoms with van der Waals surface area (Å²) in [6.45, 7) is 0.471. The summed E-state index contributed by atoms with van der Waals surface area (Å²) >= 11 is 0. The first-order chi connectivity index (χ1) is 14.0. The molecule has 1 aliphatic heterocycles. The summed E-state index contributed by atoms with van der Waals surface area (Å²) in [4.78, 5) is 34.8. The number of aromatic nitrogens is 4. The van der Waals surface area contributed by atoms with Crippen molar-refractivity contribution in [2.75, 3.05) is 16.8 Å². The van der Waals surface area contributed by atoms with E-state index in [2.05, 4.69) is 26.5 Å². The minimum absolute atomic E-state index is 0.162. The lowest BCUT2D eigenvalue weighted by Gasteiger charge is -2.20. The second kappa shape index (κ2) is 6.01. The highest BCUT2D eigenvalue weighted by atomic mass is 16.2. The van der Waals surface area contributed by atoms with Crippen LogP contribution in [0.4, 0.5) is 17.5 Å². The van der Waals surface area contributed by atoms with Gasteiger partial charge >= 0.3 is 0 Å². The molecule has 1 saturated heterocycles. The molecule has 1 atom stereocenters. The fourth-order valence-electron chi connectivity index (χ4n) is 4.12. The van der Waals surface area contributed by atoms with Crippen molar-refractivity contribution < 1.29 is 9.59 Å². The van der Waals surface area contributed by atoms with Crippen LogP contribution in [-0.4, -0.2) is 38.1 Å². The molecule has 2 aliphatic carbocycles. The lowest BCUT2D eigenvalue weighted by Crippen LogP contribution is -2.35. The highest BCUT2D eigenvalue weighted by Gasteiger charge is 2.57. The maximum absolute atomic E-state index is 13.0. The number of nitrogens with two attached hydrogens (primary N) is 1. The van der Waals surface area contributed by atoms with Gasteiger partial charge in [-0.1, -0.05) is 0 Å². The van der Waals surface area contributed by atoms with E-state index < -0.39 is 16.9 Å².